The van der Waals surface area contributed by atoms with E-state index >= 15 is 0 Å². The molecule has 4 nitrogen and oxygen atoms in total. The van der Waals surface area contributed by atoms with E-state index in [-0.39, 0.29) is 11.8 Å². The molecule has 4 heteroatoms. The molecule has 120 valence electrons. The van der Waals surface area contributed by atoms with Gasteiger partial charge in [0.2, 0.25) is 11.8 Å². The van der Waals surface area contributed by atoms with Crippen LogP contribution >= 0.6 is 0 Å². The first kappa shape index (κ1) is 15.3. The Morgan fingerprint density at radius 1 is 0.864 bits per heavy atom. The summed E-state index contributed by atoms with van der Waals surface area (Å²) in [5.74, 6) is 4.38. The highest BCUT2D eigenvalue weighted by Gasteiger charge is 2.55. The lowest BCUT2D eigenvalue weighted by Crippen LogP contribution is -2.34. The van der Waals surface area contributed by atoms with Gasteiger partial charge in [-0.15, -0.1) is 0 Å². The predicted octanol–water partition coefficient (Wildman–Crippen LogP) is 1.89. The van der Waals surface area contributed by atoms with Gasteiger partial charge in [-0.05, 0) is 73.3 Å². The SMILES string of the molecule is C=CC(=O)NC[C@H]1C[C@@H]2[C@H](C1)[C@H]1C[C@@H](CNC(=O)C=C)[C@H]2C1. The van der Waals surface area contributed by atoms with E-state index in [1.807, 2.05) is 0 Å². The maximum Gasteiger partial charge on any atom is 0.243 e. The van der Waals surface area contributed by atoms with E-state index in [1.54, 1.807) is 0 Å². The minimum absolute atomic E-state index is 0.0595. The molecule has 0 aromatic heterocycles. The zero-order valence-electron chi connectivity index (χ0n) is 13.1. The van der Waals surface area contributed by atoms with Crippen LogP contribution in [-0.2, 0) is 9.59 Å². The van der Waals surface area contributed by atoms with Gasteiger partial charge in [0, 0.05) is 13.1 Å². The van der Waals surface area contributed by atoms with Crippen LogP contribution in [-0.4, -0.2) is 24.9 Å². The normalized spacial score (nSPS) is 38.4. The third-order valence-electron chi connectivity index (χ3n) is 6.18. The summed E-state index contributed by atoms with van der Waals surface area (Å²) in [7, 11) is 0. The number of fused-ring (bicyclic) bond motifs is 5. The molecule has 0 radical (unpaired) electrons. The van der Waals surface area contributed by atoms with Gasteiger partial charge < -0.3 is 10.6 Å². The van der Waals surface area contributed by atoms with Crippen molar-refractivity contribution in [3.8, 4) is 0 Å². The summed E-state index contributed by atoms with van der Waals surface area (Å²) in [5, 5.41) is 5.92. The molecule has 2 bridgehead atoms. The number of carbonyl (C=O) groups excluding carboxylic acids is 2. The van der Waals surface area contributed by atoms with Crippen LogP contribution in [0.25, 0.3) is 0 Å². The largest absolute Gasteiger partial charge is 0.352 e. The molecule has 2 N–H and O–H groups in total. The first-order valence-corrected chi connectivity index (χ1v) is 8.43. The second-order valence-corrected chi connectivity index (χ2v) is 7.22. The Kier molecular flexibility index (Phi) is 4.37. The predicted molar refractivity (Wildman–Crippen MR) is 85.8 cm³/mol. The zero-order valence-corrected chi connectivity index (χ0v) is 13.1. The van der Waals surface area contributed by atoms with Gasteiger partial charge in [-0.25, -0.2) is 0 Å². The number of nitrogens with one attached hydrogen (secondary N) is 2. The van der Waals surface area contributed by atoms with Crippen molar-refractivity contribution in [1.82, 2.24) is 10.6 Å². The molecule has 0 saturated heterocycles. The van der Waals surface area contributed by atoms with Gasteiger partial charge in [0.05, 0.1) is 0 Å². The molecule has 0 spiro atoms. The second kappa shape index (κ2) is 6.27. The van der Waals surface area contributed by atoms with Crippen LogP contribution in [0.2, 0.25) is 0 Å². The first-order chi connectivity index (χ1) is 10.6. The molecule has 3 rings (SSSR count). The number of hydrogen-bond acceptors (Lipinski definition) is 2. The molecule has 2 amide bonds. The fourth-order valence-corrected chi connectivity index (χ4v) is 5.35. The lowest BCUT2D eigenvalue weighted by Gasteiger charge is -2.31. The van der Waals surface area contributed by atoms with Gasteiger partial charge in [-0.3, -0.25) is 9.59 Å². The van der Waals surface area contributed by atoms with E-state index < -0.39 is 0 Å². The molecule has 0 aliphatic heterocycles. The van der Waals surface area contributed by atoms with Gasteiger partial charge in [0.15, 0.2) is 0 Å². The monoisotopic (exact) mass is 302 g/mol. The zero-order chi connectivity index (χ0) is 15.7. The van der Waals surface area contributed by atoms with E-state index in [2.05, 4.69) is 23.8 Å². The van der Waals surface area contributed by atoms with Crippen LogP contribution in [0.15, 0.2) is 25.3 Å². The van der Waals surface area contributed by atoms with E-state index in [4.69, 9.17) is 0 Å². The third kappa shape index (κ3) is 2.83. The molecular formula is C18H26N2O2. The van der Waals surface area contributed by atoms with Crippen molar-refractivity contribution in [2.24, 2.45) is 35.5 Å². The highest BCUT2D eigenvalue weighted by atomic mass is 16.2. The Morgan fingerprint density at radius 2 is 1.50 bits per heavy atom. The molecule has 3 aliphatic carbocycles. The Morgan fingerprint density at radius 3 is 2.18 bits per heavy atom. The van der Waals surface area contributed by atoms with Gasteiger partial charge >= 0.3 is 0 Å². The summed E-state index contributed by atoms with van der Waals surface area (Å²) in [5.41, 5.74) is 0. The van der Waals surface area contributed by atoms with E-state index in [9.17, 15) is 9.59 Å². The molecule has 0 aromatic carbocycles. The molecule has 3 saturated carbocycles. The topological polar surface area (TPSA) is 58.2 Å². The Bertz CT molecular complexity index is 487. The maximum atomic E-state index is 11.4. The number of hydrogen-bond donors (Lipinski definition) is 2. The van der Waals surface area contributed by atoms with Gasteiger partial charge in [-0.2, -0.15) is 0 Å². The summed E-state index contributed by atoms with van der Waals surface area (Å²) >= 11 is 0. The average molecular weight is 302 g/mol. The van der Waals surface area contributed by atoms with Gasteiger partial charge in [0.25, 0.3) is 0 Å². The lowest BCUT2D eigenvalue weighted by molar-refractivity contribution is -0.117. The molecule has 6 atom stereocenters. The second-order valence-electron chi connectivity index (χ2n) is 7.22. The van der Waals surface area contributed by atoms with Crippen LogP contribution in [0.3, 0.4) is 0 Å². The van der Waals surface area contributed by atoms with E-state index in [0.29, 0.717) is 11.8 Å². The van der Waals surface area contributed by atoms with Gasteiger partial charge in [-0.1, -0.05) is 13.2 Å². The highest BCUT2D eigenvalue weighted by Crippen LogP contribution is 2.61. The summed E-state index contributed by atoms with van der Waals surface area (Å²) in [6, 6.07) is 0. The minimum atomic E-state index is -0.0648. The minimum Gasteiger partial charge on any atom is -0.352 e. The number of rotatable bonds is 6. The maximum absolute atomic E-state index is 11.4. The molecule has 0 aromatic rings. The quantitative estimate of drug-likeness (QED) is 0.736. The van der Waals surface area contributed by atoms with Crippen molar-refractivity contribution >= 4 is 11.8 Å². The Hall–Kier alpha value is -1.58. The fraction of sp³-hybridized carbons (Fsp3) is 0.667. The summed E-state index contributed by atoms with van der Waals surface area (Å²) in [6.07, 6.45) is 7.79. The van der Waals surface area contributed by atoms with E-state index in [0.717, 1.165) is 36.8 Å². The summed E-state index contributed by atoms with van der Waals surface area (Å²) < 4.78 is 0. The van der Waals surface area contributed by atoms with Crippen LogP contribution in [0.1, 0.15) is 25.7 Å². The van der Waals surface area contributed by atoms with E-state index in [1.165, 1.54) is 37.8 Å². The van der Waals surface area contributed by atoms with Crippen molar-refractivity contribution in [3.63, 3.8) is 0 Å². The Labute approximate surface area is 132 Å². The standard InChI is InChI=1S/C18H26N2O2/c1-3-17(21)19-9-11-5-14-12-7-13(10-20-18(22)4-2)15(8-12)16(14)6-11/h3-4,11-16H,1-2,5-10H2,(H,19,21)(H,20,22)/t11-,12+,13+,14-,15-,16-/m1/s1. The molecule has 3 fully saturated rings. The van der Waals surface area contributed by atoms with Crippen LogP contribution in [0.4, 0.5) is 0 Å². The smallest absolute Gasteiger partial charge is 0.243 e. The van der Waals surface area contributed by atoms with Crippen LogP contribution in [0, 0.1) is 35.5 Å². The van der Waals surface area contributed by atoms with Crippen molar-refractivity contribution in [2.75, 3.05) is 13.1 Å². The van der Waals surface area contributed by atoms with Crippen LogP contribution in [0.5, 0.6) is 0 Å². The number of amides is 2. The highest BCUT2D eigenvalue weighted by molar-refractivity contribution is 5.87. The molecular weight excluding hydrogens is 276 g/mol. The fourth-order valence-electron chi connectivity index (χ4n) is 5.35. The van der Waals surface area contributed by atoms with Gasteiger partial charge in [0.1, 0.15) is 0 Å². The Balaban J connectivity index is 1.51. The van der Waals surface area contributed by atoms with Crippen molar-refractivity contribution in [1.29, 1.82) is 0 Å². The number of carbonyl (C=O) groups is 2. The van der Waals surface area contributed by atoms with Crippen molar-refractivity contribution in [3.05, 3.63) is 25.3 Å². The van der Waals surface area contributed by atoms with Crippen molar-refractivity contribution in [2.45, 2.75) is 25.7 Å². The van der Waals surface area contributed by atoms with Crippen molar-refractivity contribution < 1.29 is 9.59 Å². The average Bonchev–Trinajstić information content (AvgIpc) is 3.20. The van der Waals surface area contributed by atoms with Crippen LogP contribution < -0.4 is 10.6 Å². The summed E-state index contributed by atoms with van der Waals surface area (Å²) in [6.45, 7) is 8.59. The lowest BCUT2D eigenvalue weighted by atomic mass is 9.76. The third-order valence-corrected chi connectivity index (χ3v) is 6.18. The molecule has 0 heterocycles. The molecule has 3 aliphatic rings. The summed E-state index contributed by atoms with van der Waals surface area (Å²) in [4.78, 5) is 22.7. The molecule has 22 heavy (non-hydrogen) atoms. The first-order valence-electron chi connectivity index (χ1n) is 8.43. The molecule has 0 unspecified atom stereocenters.